The topological polar surface area (TPSA) is 67.8 Å². The number of benzene rings is 3. The van der Waals surface area contributed by atoms with Gasteiger partial charge in [0.1, 0.15) is 11.5 Å². The Bertz CT molecular complexity index is 1300. The van der Waals surface area contributed by atoms with E-state index in [0.717, 1.165) is 40.8 Å². The highest BCUT2D eigenvalue weighted by molar-refractivity contribution is 5.94. The van der Waals surface area contributed by atoms with E-state index in [1.807, 2.05) is 59.5 Å². The lowest BCUT2D eigenvalue weighted by atomic mass is 10.1. The number of hydrogen-bond donors (Lipinski definition) is 0. The summed E-state index contributed by atoms with van der Waals surface area (Å²) in [6, 6.07) is 21.4. The van der Waals surface area contributed by atoms with Gasteiger partial charge >= 0.3 is 0 Å². The standard InChI is InChI=1S/C27H26N4O3/c1-33-22-16-24-23(25(17-22)34-2)18-28-26(29-24)19-8-10-21(11-9-19)30-12-14-31(15-13-30)27(32)20-6-4-3-5-7-20/h3-11,16-18H,12-15H2,1-2H3. The number of aromatic nitrogens is 2. The van der Waals surface area contributed by atoms with Gasteiger partial charge in [0.25, 0.3) is 5.91 Å². The third-order valence-corrected chi connectivity index (χ3v) is 6.17. The molecule has 1 aliphatic heterocycles. The molecular formula is C27H26N4O3. The fourth-order valence-electron chi connectivity index (χ4n) is 4.26. The number of carbonyl (C=O) groups excluding carboxylic acids is 1. The number of nitrogens with zero attached hydrogens (tertiary/aromatic N) is 4. The number of ether oxygens (including phenoxy) is 2. The second kappa shape index (κ2) is 9.39. The van der Waals surface area contributed by atoms with Crippen LogP contribution in [0.25, 0.3) is 22.3 Å². The first-order valence-corrected chi connectivity index (χ1v) is 11.2. The van der Waals surface area contributed by atoms with E-state index < -0.39 is 0 Å². The van der Waals surface area contributed by atoms with Crippen LogP contribution in [0.3, 0.4) is 0 Å². The molecule has 1 saturated heterocycles. The minimum Gasteiger partial charge on any atom is -0.497 e. The van der Waals surface area contributed by atoms with Crippen LogP contribution in [0, 0.1) is 0 Å². The molecule has 172 valence electrons. The van der Waals surface area contributed by atoms with Gasteiger partial charge in [-0.25, -0.2) is 9.97 Å². The molecule has 0 radical (unpaired) electrons. The van der Waals surface area contributed by atoms with Gasteiger partial charge in [0.05, 0.1) is 25.1 Å². The van der Waals surface area contributed by atoms with Crippen molar-refractivity contribution in [3.8, 4) is 22.9 Å². The van der Waals surface area contributed by atoms with E-state index in [-0.39, 0.29) is 5.91 Å². The van der Waals surface area contributed by atoms with Gasteiger partial charge in [0.15, 0.2) is 5.82 Å². The van der Waals surface area contributed by atoms with Crippen LogP contribution in [0.2, 0.25) is 0 Å². The molecule has 0 atom stereocenters. The molecule has 0 spiro atoms. The molecule has 7 heteroatoms. The molecule has 1 aromatic heterocycles. The first-order valence-electron chi connectivity index (χ1n) is 11.2. The molecule has 3 aromatic carbocycles. The van der Waals surface area contributed by atoms with Gasteiger partial charge in [0, 0.05) is 61.3 Å². The van der Waals surface area contributed by atoms with Crippen LogP contribution in [0.15, 0.2) is 72.9 Å². The van der Waals surface area contributed by atoms with Crippen LogP contribution in [0.4, 0.5) is 5.69 Å². The van der Waals surface area contributed by atoms with Crippen molar-refractivity contribution in [3.05, 3.63) is 78.5 Å². The lowest BCUT2D eigenvalue weighted by molar-refractivity contribution is 0.0747. The zero-order valence-electron chi connectivity index (χ0n) is 19.3. The maximum absolute atomic E-state index is 12.7. The first kappa shape index (κ1) is 21.7. The quantitative estimate of drug-likeness (QED) is 0.449. The number of hydrogen-bond acceptors (Lipinski definition) is 6. The summed E-state index contributed by atoms with van der Waals surface area (Å²) < 4.78 is 10.8. The van der Waals surface area contributed by atoms with Crippen molar-refractivity contribution in [1.82, 2.24) is 14.9 Å². The van der Waals surface area contributed by atoms with Crippen molar-refractivity contribution in [2.75, 3.05) is 45.3 Å². The number of methoxy groups -OCH3 is 2. The number of piperazine rings is 1. The average Bonchev–Trinajstić information content (AvgIpc) is 2.92. The Balaban J connectivity index is 1.30. The van der Waals surface area contributed by atoms with Gasteiger partial charge in [-0.3, -0.25) is 4.79 Å². The molecule has 0 unspecified atom stereocenters. The maximum atomic E-state index is 12.7. The van der Waals surface area contributed by atoms with Crippen molar-refractivity contribution < 1.29 is 14.3 Å². The summed E-state index contributed by atoms with van der Waals surface area (Å²) in [7, 11) is 3.25. The Labute approximate surface area is 198 Å². The highest BCUT2D eigenvalue weighted by Crippen LogP contribution is 2.31. The number of amides is 1. The van der Waals surface area contributed by atoms with Gasteiger partial charge in [-0.05, 0) is 36.4 Å². The van der Waals surface area contributed by atoms with Gasteiger partial charge in [-0.2, -0.15) is 0 Å². The summed E-state index contributed by atoms with van der Waals surface area (Å²) >= 11 is 0. The maximum Gasteiger partial charge on any atom is 0.253 e. The number of rotatable bonds is 5. The van der Waals surface area contributed by atoms with Crippen LogP contribution < -0.4 is 14.4 Å². The molecule has 1 aliphatic rings. The molecule has 0 aliphatic carbocycles. The van der Waals surface area contributed by atoms with E-state index in [1.54, 1.807) is 20.4 Å². The van der Waals surface area contributed by atoms with Crippen molar-refractivity contribution >= 4 is 22.5 Å². The summed E-state index contributed by atoms with van der Waals surface area (Å²) in [4.78, 5) is 26.2. The average molecular weight is 455 g/mol. The predicted molar refractivity (Wildman–Crippen MR) is 133 cm³/mol. The van der Waals surface area contributed by atoms with Crippen molar-refractivity contribution in [2.45, 2.75) is 0 Å². The van der Waals surface area contributed by atoms with Crippen molar-refractivity contribution in [1.29, 1.82) is 0 Å². The monoisotopic (exact) mass is 454 g/mol. The normalized spacial score (nSPS) is 13.7. The highest BCUT2D eigenvalue weighted by atomic mass is 16.5. The molecule has 7 nitrogen and oxygen atoms in total. The van der Waals surface area contributed by atoms with Gasteiger partial charge < -0.3 is 19.3 Å². The third kappa shape index (κ3) is 4.24. The van der Waals surface area contributed by atoms with Crippen LogP contribution in [-0.2, 0) is 0 Å². The molecule has 0 bridgehead atoms. The van der Waals surface area contributed by atoms with Gasteiger partial charge in [0.2, 0.25) is 0 Å². The fraction of sp³-hybridized carbons (Fsp3) is 0.222. The Morgan fingerprint density at radius 3 is 2.29 bits per heavy atom. The Kier molecular flexibility index (Phi) is 5.99. The zero-order valence-corrected chi connectivity index (χ0v) is 19.3. The van der Waals surface area contributed by atoms with E-state index >= 15 is 0 Å². The summed E-state index contributed by atoms with van der Waals surface area (Å²) in [6.45, 7) is 2.99. The Morgan fingerprint density at radius 1 is 0.882 bits per heavy atom. The summed E-state index contributed by atoms with van der Waals surface area (Å²) in [5, 5.41) is 0.839. The number of fused-ring (bicyclic) bond motifs is 1. The minimum atomic E-state index is 0.0947. The minimum absolute atomic E-state index is 0.0947. The molecule has 4 aromatic rings. The predicted octanol–water partition coefficient (Wildman–Crippen LogP) is 4.28. The fourth-order valence-corrected chi connectivity index (χ4v) is 4.26. The van der Waals surface area contributed by atoms with E-state index in [4.69, 9.17) is 14.5 Å². The molecule has 0 N–H and O–H groups in total. The second-order valence-corrected chi connectivity index (χ2v) is 8.15. The van der Waals surface area contributed by atoms with Crippen molar-refractivity contribution in [3.63, 3.8) is 0 Å². The van der Waals surface area contributed by atoms with Gasteiger partial charge in [-0.1, -0.05) is 18.2 Å². The lowest BCUT2D eigenvalue weighted by Gasteiger charge is -2.36. The first-order chi connectivity index (χ1) is 16.7. The Hall–Kier alpha value is -4.13. The van der Waals surface area contributed by atoms with Crippen LogP contribution in [0.5, 0.6) is 11.5 Å². The Morgan fingerprint density at radius 2 is 1.62 bits per heavy atom. The van der Waals surface area contributed by atoms with Crippen LogP contribution in [0.1, 0.15) is 10.4 Å². The number of carbonyl (C=O) groups is 1. The second-order valence-electron chi connectivity index (χ2n) is 8.15. The largest absolute Gasteiger partial charge is 0.497 e. The molecule has 5 rings (SSSR count). The summed E-state index contributed by atoms with van der Waals surface area (Å²) in [5.41, 5.74) is 3.57. The van der Waals surface area contributed by atoms with Crippen molar-refractivity contribution in [2.24, 2.45) is 0 Å². The smallest absolute Gasteiger partial charge is 0.253 e. The molecule has 1 fully saturated rings. The zero-order chi connectivity index (χ0) is 23.5. The molecule has 0 saturated carbocycles. The highest BCUT2D eigenvalue weighted by Gasteiger charge is 2.22. The number of anilines is 1. The lowest BCUT2D eigenvalue weighted by Crippen LogP contribution is -2.48. The molecule has 1 amide bonds. The van der Waals surface area contributed by atoms with E-state index in [9.17, 15) is 4.79 Å². The summed E-state index contributed by atoms with van der Waals surface area (Å²) in [5.74, 6) is 2.11. The van der Waals surface area contributed by atoms with Crippen LogP contribution in [-0.4, -0.2) is 61.2 Å². The third-order valence-electron chi connectivity index (χ3n) is 6.17. The summed E-state index contributed by atoms with van der Waals surface area (Å²) in [6.07, 6.45) is 1.78. The van der Waals surface area contributed by atoms with E-state index in [2.05, 4.69) is 22.0 Å². The van der Waals surface area contributed by atoms with Gasteiger partial charge in [-0.15, -0.1) is 0 Å². The SMILES string of the molecule is COc1cc(OC)c2cnc(-c3ccc(N4CCN(C(=O)c5ccccc5)CC4)cc3)nc2c1. The molecule has 2 heterocycles. The molecule has 34 heavy (non-hydrogen) atoms. The van der Waals surface area contributed by atoms with E-state index in [0.29, 0.717) is 30.4 Å². The van der Waals surface area contributed by atoms with E-state index in [1.165, 1.54) is 0 Å². The van der Waals surface area contributed by atoms with Crippen LogP contribution >= 0.6 is 0 Å². The molecular weight excluding hydrogens is 428 g/mol.